The lowest BCUT2D eigenvalue weighted by Crippen LogP contribution is -2.60. The Labute approximate surface area is 137 Å². The number of piperazine rings is 2. The fourth-order valence-corrected chi connectivity index (χ4v) is 3.36. The average molecular weight is 324 g/mol. The zero-order valence-corrected chi connectivity index (χ0v) is 13.6. The van der Waals surface area contributed by atoms with Crippen LogP contribution in [-0.2, 0) is 0 Å². The maximum Gasteiger partial charge on any atom is 0.0891 e. The summed E-state index contributed by atoms with van der Waals surface area (Å²) >= 11 is 5.95. The Morgan fingerprint density at radius 2 is 1.82 bits per heavy atom. The van der Waals surface area contributed by atoms with Crippen molar-refractivity contribution in [1.29, 1.82) is 0 Å². The second-order valence-corrected chi connectivity index (χ2v) is 6.35. The van der Waals surface area contributed by atoms with E-state index in [1.54, 1.807) is 0 Å². The zero-order valence-electron chi connectivity index (χ0n) is 12.9. The molecule has 0 aliphatic carbocycles. The van der Waals surface area contributed by atoms with E-state index in [0.717, 1.165) is 57.4 Å². The van der Waals surface area contributed by atoms with Crippen LogP contribution in [0.25, 0.3) is 0 Å². The van der Waals surface area contributed by atoms with E-state index in [4.69, 9.17) is 22.0 Å². The second-order valence-electron chi connectivity index (χ2n) is 5.91. The van der Waals surface area contributed by atoms with E-state index in [0.29, 0.717) is 0 Å². The molecule has 1 unspecified atom stereocenters. The lowest BCUT2D eigenvalue weighted by molar-refractivity contribution is 0.0668. The number of nitrogens with zero attached hydrogens (tertiary/aromatic N) is 4. The maximum atomic E-state index is 9.09. The minimum absolute atomic E-state index is 0.233. The van der Waals surface area contributed by atoms with Gasteiger partial charge in [-0.15, -0.1) is 0 Å². The summed E-state index contributed by atoms with van der Waals surface area (Å²) in [5.41, 5.74) is 1.24. The van der Waals surface area contributed by atoms with Gasteiger partial charge in [0.15, 0.2) is 0 Å². The van der Waals surface area contributed by atoms with Gasteiger partial charge >= 0.3 is 0 Å². The molecule has 5 nitrogen and oxygen atoms in total. The molecule has 2 fully saturated rings. The van der Waals surface area contributed by atoms with Crippen molar-refractivity contribution in [2.24, 2.45) is 0 Å². The number of halogens is 1. The predicted molar refractivity (Wildman–Crippen MR) is 89.6 cm³/mol. The number of β-amino-alcohol motifs (C(OH)–C–C–N with tert-alkyl or cyclic N) is 1. The van der Waals surface area contributed by atoms with Gasteiger partial charge in [0, 0.05) is 63.1 Å². The van der Waals surface area contributed by atoms with Crippen molar-refractivity contribution in [1.82, 2.24) is 15.1 Å². The van der Waals surface area contributed by atoms with Crippen molar-refractivity contribution in [3.63, 3.8) is 0 Å². The fourth-order valence-electron chi connectivity index (χ4n) is 3.23. The summed E-state index contributed by atoms with van der Waals surface area (Å²) in [6.07, 6.45) is 0.285. The Hall–Kier alpha value is -0.850. The summed E-state index contributed by atoms with van der Waals surface area (Å²) in [5.74, 6) is 0. The van der Waals surface area contributed by atoms with Crippen molar-refractivity contribution in [3.05, 3.63) is 29.3 Å². The molecule has 1 aromatic carbocycles. The number of benzene rings is 1. The largest absolute Gasteiger partial charge is 0.395 e. The molecule has 2 saturated heterocycles. The van der Waals surface area contributed by atoms with Crippen LogP contribution in [0.5, 0.6) is 0 Å². The van der Waals surface area contributed by atoms with E-state index in [-0.39, 0.29) is 12.8 Å². The fraction of sp³-hybridized carbons (Fsp3) is 0.625. The summed E-state index contributed by atoms with van der Waals surface area (Å²) in [6, 6.07) is 8.08. The lowest BCUT2D eigenvalue weighted by Gasteiger charge is -2.43. The van der Waals surface area contributed by atoms with Crippen LogP contribution in [0.4, 0.5) is 5.69 Å². The highest BCUT2D eigenvalue weighted by atomic mass is 35.5. The van der Waals surface area contributed by atoms with Gasteiger partial charge in [0.05, 0.1) is 12.8 Å². The molecule has 1 radical (unpaired) electrons. The summed E-state index contributed by atoms with van der Waals surface area (Å²) in [7, 11) is 0. The molecule has 1 N–H and O–H groups in total. The number of aliphatic hydroxyl groups is 1. The smallest absolute Gasteiger partial charge is 0.0891 e. The van der Waals surface area contributed by atoms with Crippen LogP contribution in [0.2, 0.25) is 5.02 Å². The summed E-state index contributed by atoms with van der Waals surface area (Å²) in [5, 5.41) is 14.6. The highest BCUT2D eigenvalue weighted by Crippen LogP contribution is 2.20. The van der Waals surface area contributed by atoms with Gasteiger partial charge in [-0.3, -0.25) is 9.80 Å². The Morgan fingerprint density at radius 1 is 1.09 bits per heavy atom. The van der Waals surface area contributed by atoms with Crippen LogP contribution in [0.3, 0.4) is 0 Å². The third-order valence-corrected chi connectivity index (χ3v) is 4.77. The molecule has 0 spiro atoms. The normalized spacial score (nSPS) is 24.6. The number of hydrogen-bond acceptors (Lipinski definition) is 4. The van der Waals surface area contributed by atoms with Gasteiger partial charge in [0.1, 0.15) is 0 Å². The predicted octanol–water partition coefficient (Wildman–Crippen LogP) is 0.700. The lowest BCUT2D eigenvalue weighted by atomic mass is 10.2. The minimum Gasteiger partial charge on any atom is -0.395 e. The van der Waals surface area contributed by atoms with E-state index in [9.17, 15) is 0 Å². The molecule has 2 aliphatic rings. The first-order valence-electron chi connectivity index (χ1n) is 8.00. The summed E-state index contributed by atoms with van der Waals surface area (Å²) in [4.78, 5) is 7.18. The molecule has 6 heteroatoms. The summed E-state index contributed by atoms with van der Waals surface area (Å²) in [6.45, 7) is 7.90. The Morgan fingerprint density at radius 3 is 2.50 bits per heavy atom. The molecule has 2 aliphatic heterocycles. The summed E-state index contributed by atoms with van der Waals surface area (Å²) < 4.78 is 0. The van der Waals surface area contributed by atoms with E-state index in [1.165, 1.54) is 5.69 Å². The molecular weight excluding hydrogens is 300 g/mol. The molecule has 3 rings (SSSR count). The van der Waals surface area contributed by atoms with Crippen molar-refractivity contribution in [3.8, 4) is 0 Å². The molecule has 1 aromatic rings. The van der Waals surface area contributed by atoms with E-state index in [2.05, 4.69) is 26.8 Å². The van der Waals surface area contributed by atoms with Gasteiger partial charge in [-0.1, -0.05) is 11.6 Å². The van der Waals surface area contributed by atoms with Crippen molar-refractivity contribution in [2.75, 3.05) is 63.9 Å². The van der Waals surface area contributed by atoms with Crippen molar-refractivity contribution >= 4 is 17.3 Å². The molecule has 1 atom stereocenters. The molecular formula is C16H24ClN4O. The van der Waals surface area contributed by atoms with Gasteiger partial charge in [-0.05, 0) is 24.3 Å². The third kappa shape index (κ3) is 3.91. The van der Waals surface area contributed by atoms with Gasteiger partial charge in [-0.25, -0.2) is 5.32 Å². The van der Waals surface area contributed by atoms with Gasteiger partial charge in [0.25, 0.3) is 0 Å². The van der Waals surface area contributed by atoms with Crippen molar-refractivity contribution in [2.45, 2.75) is 6.17 Å². The molecule has 0 amide bonds. The molecule has 22 heavy (non-hydrogen) atoms. The first-order valence-corrected chi connectivity index (χ1v) is 8.38. The van der Waals surface area contributed by atoms with Crippen molar-refractivity contribution < 1.29 is 5.11 Å². The van der Waals surface area contributed by atoms with E-state index < -0.39 is 0 Å². The topological polar surface area (TPSA) is 44.1 Å². The van der Waals surface area contributed by atoms with Crippen LogP contribution < -0.4 is 10.2 Å². The van der Waals surface area contributed by atoms with Crippen LogP contribution in [0.15, 0.2) is 24.3 Å². The van der Waals surface area contributed by atoms with Crippen LogP contribution in [0.1, 0.15) is 0 Å². The number of hydrogen-bond donors (Lipinski definition) is 1. The van der Waals surface area contributed by atoms with Gasteiger partial charge < -0.3 is 10.0 Å². The third-order valence-electron chi connectivity index (χ3n) is 4.52. The Kier molecular flexibility index (Phi) is 5.55. The van der Waals surface area contributed by atoms with E-state index >= 15 is 0 Å². The SMILES string of the molecule is OCCN1CC[N]C(N2CCN(c3ccc(Cl)cc3)CC2)C1. The number of anilines is 1. The monoisotopic (exact) mass is 323 g/mol. The number of aliphatic hydroxyl groups excluding tert-OH is 1. The quantitative estimate of drug-likeness (QED) is 0.886. The molecule has 0 aromatic heterocycles. The molecule has 121 valence electrons. The zero-order chi connectivity index (χ0) is 15.4. The van der Waals surface area contributed by atoms with Crippen LogP contribution in [-0.4, -0.2) is 80.0 Å². The Balaban J connectivity index is 1.52. The molecule has 2 heterocycles. The first kappa shape index (κ1) is 16.0. The average Bonchev–Trinajstić information content (AvgIpc) is 2.56. The van der Waals surface area contributed by atoms with Crippen LogP contribution in [0, 0.1) is 0 Å². The van der Waals surface area contributed by atoms with Gasteiger partial charge in [-0.2, -0.15) is 0 Å². The number of rotatable bonds is 4. The Bertz CT molecular complexity index is 460. The van der Waals surface area contributed by atoms with Crippen LogP contribution >= 0.6 is 11.6 Å². The first-order chi connectivity index (χ1) is 10.8. The van der Waals surface area contributed by atoms with E-state index in [1.807, 2.05) is 12.1 Å². The highest BCUT2D eigenvalue weighted by Gasteiger charge is 2.28. The molecule has 0 saturated carbocycles. The second kappa shape index (κ2) is 7.62. The highest BCUT2D eigenvalue weighted by molar-refractivity contribution is 6.30. The maximum absolute atomic E-state index is 9.09. The standard InChI is InChI=1S/C16H24ClN4O/c17-14-1-3-15(4-2-14)20-7-9-21(10-8-20)16-13-19(11-12-22)6-5-18-16/h1-4,16,22H,5-13H2. The molecule has 0 bridgehead atoms. The van der Waals surface area contributed by atoms with Gasteiger partial charge in [0.2, 0.25) is 0 Å². The minimum atomic E-state index is 0.233.